The number of rotatable bonds is 4. The molecule has 1 aromatic rings. The fourth-order valence-electron chi connectivity index (χ4n) is 1.34. The van der Waals surface area contributed by atoms with Crippen LogP contribution in [0, 0.1) is 6.07 Å². The molecular formula is C6H5O12S4. The molecule has 0 heterocycles. The lowest BCUT2D eigenvalue weighted by molar-refractivity contribution is 0.446. The Balaban J connectivity index is 4.41. The molecule has 0 spiro atoms. The first-order valence-corrected chi connectivity index (χ1v) is 10.2. The molecule has 1 aromatic carbocycles. The van der Waals surface area contributed by atoms with Crippen LogP contribution in [-0.4, -0.2) is 51.9 Å². The summed E-state index contributed by atoms with van der Waals surface area (Å²) in [7, 11) is -22.6. The minimum atomic E-state index is -5.80. The molecule has 4 N–H and O–H groups in total. The second-order valence-electron chi connectivity index (χ2n) is 3.54. The highest BCUT2D eigenvalue weighted by Gasteiger charge is 2.38. The molecule has 0 aromatic heterocycles. The third-order valence-corrected chi connectivity index (χ3v) is 5.99. The maximum Gasteiger partial charge on any atom is 0.297 e. The van der Waals surface area contributed by atoms with Gasteiger partial charge in [0.15, 0.2) is 0 Å². The molecule has 16 heteroatoms. The third-order valence-electron chi connectivity index (χ3n) is 2.02. The first-order chi connectivity index (χ1) is 9.47. The van der Waals surface area contributed by atoms with E-state index in [1.165, 1.54) is 6.07 Å². The Kier molecular flexibility index (Phi) is 4.47. The first-order valence-electron chi connectivity index (χ1n) is 4.46. The van der Waals surface area contributed by atoms with Gasteiger partial charge in [0.2, 0.25) is 0 Å². The Hall–Kier alpha value is -1.14. The van der Waals surface area contributed by atoms with E-state index in [1.807, 2.05) is 0 Å². The molecular weight excluding hydrogens is 392 g/mol. The van der Waals surface area contributed by atoms with Crippen molar-refractivity contribution in [3.8, 4) is 0 Å². The average Bonchev–Trinajstić information content (AvgIpc) is 2.22. The lowest BCUT2D eigenvalue weighted by atomic mass is 10.3. The van der Waals surface area contributed by atoms with Crippen LogP contribution in [0.25, 0.3) is 0 Å². The molecule has 1 radical (unpaired) electrons. The Labute approximate surface area is 124 Å². The predicted octanol–water partition coefficient (Wildman–Crippen LogP) is -1.53. The van der Waals surface area contributed by atoms with Gasteiger partial charge in [-0.15, -0.1) is 0 Å². The summed E-state index contributed by atoms with van der Waals surface area (Å²) >= 11 is 0. The monoisotopic (exact) mass is 397 g/mol. The van der Waals surface area contributed by atoms with Crippen molar-refractivity contribution in [3.63, 3.8) is 0 Å². The molecule has 22 heavy (non-hydrogen) atoms. The molecule has 125 valence electrons. The van der Waals surface area contributed by atoms with Crippen molar-refractivity contribution in [1.29, 1.82) is 0 Å². The maximum atomic E-state index is 11.2. The Morgan fingerprint density at radius 2 is 1.05 bits per heavy atom. The summed E-state index contributed by atoms with van der Waals surface area (Å²) in [6, 6.07) is 1.35. The van der Waals surface area contributed by atoms with Gasteiger partial charge in [-0.3, -0.25) is 18.2 Å². The molecule has 12 nitrogen and oxygen atoms in total. The molecule has 0 unspecified atom stereocenters. The smallest absolute Gasteiger partial charge is 0.282 e. The first kappa shape index (κ1) is 18.9. The zero-order chi connectivity index (χ0) is 17.7. The van der Waals surface area contributed by atoms with Crippen molar-refractivity contribution in [2.75, 3.05) is 0 Å². The number of hydrogen-bond donors (Lipinski definition) is 4. The third kappa shape index (κ3) is 3.79. The number of benzene rings is 1. The minimum absolute atomic E-state index is 0.0315. The van der Waals surface area contributed by atoms with Crippen molar-refractivity contribution in [2.24, 2.45) is 0 Å². The van der Waals surface area contributed by atoms with Crippen molar-refractivity contribution >= 4 is 40.5 Å². The van der Waals surface area contributed by atoms with Gasteiger partial charge < -0.3 is 0 Å². The van der Waals surface area contributed by atoms with Gasteiger partial charge in [0.05, 0.1) is 0 Å². The van der Waals surface area contributed by atoms with Gasteiger partial charge in [-0.2, -0.15) is 33.7 Å². The van der Waals surface area contributed by atoms with E-state index in [0.717, 1.165) is 0 Å². The van der Waals surface area contributed by atoms with Gasteiger partial charge in [-0.1, -0.05) is 0 Å². The largest absolute Gasteiger partial charge is 0.297 e. The summed E-state index contributed by atoms with van der Waals surface area (Å²) in [5, 5.41) is 0. The van der Waals surface area contributed by atoms with Gasteiger partial charge in [0, 0.05) is 6.07 Å². The van der Waals surface area contributed by atoms with E-state index < -0.39 is 60.1 Å². The van der Waals surface area contributed by atoms with Crippen LogP contribution in [0.15, 0.2) is 25.6 Å². The molecule has 0 fully saturated rings. The zero-order valence-electron chi connectivity index (χ0n) is 9.77. The lowest BCUT2D eigenvalue weighted by Gasteiger charge is -2.11. The van der Waals surface area contributed by atoms with Crippen LogP contribution < -0.4 is 0 Å². The summed E-state index contributed by atoms with van der Waals surface area (Å²) in [5.74, 6) is 0. The fraction of sp³-hybridized carbons (Fsp3) is 0. The van der Waals surface area contributed by atoms with Crippen molar-refractivity contribution in [2.45, 2.75) is 19.6 Å². The lowest BCUT2D eigenvalue weighted by Crippen LogP contribution is -2.18. The van der Waals surface area contributed by atoms with Crippen LogP contribution in [0.5, 0.6) is 0 Å². The van der Waals surface area contributed by atoms with Crippen LogP contribution in [-0.2, 0) is 40.5 Å². The summed E-state index contributed by atoms with van der Waals surface area (Å²) < 4.78 is 124. The van der Waals surface area contributed by atoms with E-state index >= 15 is 0 Å². The van der Waals surface area contributed by atoms with Gasteiger partial charge in [-0.25, -0.2) is 0 Å². The normalized spacial score (nSPS) is 14.0. The summed E-state index contributed by atoms with van der Waals surface area (Å²) in [4.78, 5) is -7.98. The molecule has 0 aliphatic heterocycles. The molecule has 0 bridgehead atoms. The van der Waals surface area contributed by atoms with Crippen molar-refractivity contribution in [3.05, 3.63) is 12.1 Å². The summed E-state index contributed by atoms with van der Waals surface area (Å²) in [6.07, 6.45) is 0. The van der Waals surface area contributed by atoms with Crippen molar-refractivity contribution < 1.29 is 51.9 Å². The van der Waals surface area contributed by atoms with E-state index in [1.54, 1.807) is 0 Å². The van der Waals surface area contributed by atoms with Crippen LogP contribution >= 0.6 is 0 Å². The van der Waals surface area contributed by atoms with Crippen LogP contribution in [0.1, 0.15) is 0 Å². The fourth-order valence-corrected chi connectivity index (χ4v) is 5.74. The molecule has 1 rings (SSSR count). The summed E-state index contributed by atoms with van der Waals surface area (Å²) in [5.41, 5.74) is 0. The van der Waals surface area contributed by atoms with Crippen LogP contribution in [0.2, 0.25) is 0 Å². The van der Waals surface area contributed by atoms with E-state index in [9.17, 15) is 33.7 Å². The predicted molar refractivity (Wildman–Crippen MR) is 64.5 cm³/mol. The highest BCUT2D eigenvalue weighted by atomic mass is 32.2. The van der Waals surface area contributed by atoms with Gasteiger partial charge in [0.1, 0.15) is 19.6 Å². The number of hydrogen-bond acceptors (Lipinski definition) is 8. The average molecular weight is 397 g/mol. The van der Waals surface area contributed by atoms with E-state index in [0.29, 0.717) is 0 Å². The minimum Gasteiger partial charge on any atom is -0.282 e. The van der Waals surface area contributed by atoms with Crippen LogP contribution in [0.3, 0.4) is 0 Å². The van der Waals surface area contributed by atoms with E-state index in [-0.39, 0.29) is 6.07 Å². The topological polar surface area (TPSA) is 217 Å². The quantitative estimate of drug-likeness (QED) is 0.425. The Morgan fingerprint density at radius 1 is 0.636 bits per heavy atom. The van der Waals surface area contributed by atoms with Gasteiger partial charge in [-0.05, 0) is 6.07 Å². The highest BCUT2D eigenvalue weighted by molar-refractivity contribution is 7.91. The Bertz CT molecular complexity index is 954. The maximum absolute atomic E-state index is 11.2. The van der Waals surface area contributed by atoms with Gasteiger partial charge >= 0.3 is 0 Å². The van der Waals surface area contributed by atoms with Gasteiger partial charge in [0.25, 0.3) is 40.5 Å². The van der Waals surface area contributed by atoms with E-state index in [2.05, 4.69) is 0 Å². The van der Waals surface area contributed by atoms with E-state index in [4.69, 9.17) is 18.2 Å². The van der Waals surface area contributed by atoms with Crippen LogP contribution in [0.4, 0.5) is 0 Å². The zero-order valence-corrected chi connectivity index (χ0v) is 13.0. The molecule has 0 saturated carbocycles. The standard InChI is InChI=1S/C6H5O12S4/c7-19(8,9)3-1-2-4(20(10,11)12)6(22(16,17)18)5(3)21(13,14)15/h1H,(H,7,8,9)(H,10,11,12)(H,13,14,15)(H,16,17,18). The summed E-state index contributed by atoms with van der Waals surface area (Å²) in [6.45, 7) is 0. The highest BCUT2D eigenvalue weighted by Crippen LogP contribution is 2.33. The molecule has 0 atom stereocenters. The SMILES string of the molecule is O=S(=O)(O)c1[c]cc(S(=O)(=O)O)c(S(=O)(=O)O)c1S(=O)(=O)O. The second kappa shape index (κ2) is 5.20. The molecule has 0 amide bonds. The molecule has 0 aliphatic rings. The van der Waals surface area contributed by atoms with Crippen molar-refractivity contribution in [1.82, 2.24) is 0 Å². The molecule has 0 aliphatic carbocycles. The molecule has 0 saturated heterocycles. The Morgan fingerprint density at radius 3 is 1.32 bits per heavy atom. The second-order valence-corrected chi connectivity index (χ2v) is 9.01.